The number of carbonyl (C=O) groups excluding carboxylic acids is 2. The van der Waals surface area contributed by atoms with Gasteiger partial charge < -0.3 is 14.6 Å². The lowest BCUT2D eigenvalue weighted by molar-refractivity contribution is -0.132. The topological polar surface area (TPSA) is 102 Å². The fourth-order valence-electron chi connectivity index (χ4n) is 4.23. The first-order valence-electron chi connectivity index (χ1n) is 11.6. The molecule has 13 heteroatoms. The monoisotopic (exact) mass is 617 g/mol. The number of ether oxygens (including phenoxy) is 2. The number of aromatic nitrogens is 2. The first-order valence-corrected chi connectivity index (χ1v) is 15.0. The van der Waals surface area contributed by atoms with Gasteiger partial charge in [-0.25, -0.2) is 0 Å². The Morgan fingerprint density at radius 3 is 2.67 bits per heavy atom. The van der Waals surface area contributed by atoms with E-state index < -0.39 is 17.7 Å². The van der Waals surface area contributed by atoms with E-state index >= 15 is 0 Å². The number of ketones is 1. The molecule has 8 nitrogen and oxygen atoms in total. The lowest BCUT2D eigenvalue weighted by Crippen LogP contribution is -2.29. The first-order chi connectivity index (χ1) is 18.9. The van der Waals surface area contributed by atoms with Gasteiger partial charge in [-0.3, -0.25) is 14.5 Å². The van der Waals surface area contributed by atoms with Crippen molar-refractivity contribution in [3.63, 3.8) is 0 Å². The molecule has 2 aromatic carbocycles. The van der Waals surface area contributed by atoms with Gasteiger partial charge >= 0.3 is 5.91 Å². The Bertz CT molecular complexity index is 1620. The summed E-state index contributed by atoms with van der Waals surface area (Å²) in [6.07, 6.45) is 0. The van der Waals surface area contributed by atoms with Gasteiger partial charge in [0.1, 0.15) is 25.0 Å². The summed E-state index contributed by atoms with van der Waals surface area (Å²) < 4.78 is 11.8. The Kier molecular flexibility index (Phi) is 7.25. The average molecular weight is 619 g/mol. The van der Waals surface area contributed by atoms with Crippen LogP contribution >= 0.6 is 57.6 Å². The van der Waals surface area contributed by atoms with E-state index in [1.54, 1.807) is 30.3 Å². The van der Waals surface area contributed by atoms with Gasteiger partial charge in [0, 0.05) is 26.2 Å². The maximum absolute atomic E-state index is 13.3. The third-order valence-corrected chi connectivity index (χ3v) is 9.66. The molecule has 0 aliphatic carbocycles. The maximum atomic E-state index is 13.3. The Balaban J connectivity index is 1.34. The van der Waals surface area contributed by atoms with Crippen molar-refractivity contribution >= 4 is 80.2 Å². The molecule has 0 radical (unpaired) electrons. The van der Waals surface area contributed by atoms with E-state index in [0.29, 0.717) is 55.3 Å². The van der Waals surface area contributed by atoms with Crippen molar-refractivity contribution in [2.24, 2.45) is 0 Å². The van der Waals surface area contributed by atoms with Crippen LogP contribution in [0.2, 0.25) is 10.0 Å². The Hall–Kier alpha value is -3.09. The fourth-order valence-corrected chi connectivity index (χ4v) is 7.48. The standard InChI is InChI=1S/C26H17Cl2N3O5S3/c27-15-5-3-14(16(28)11-15)12-38-26-30-29-25(39-26)31-21(19-2-1-9-37-19)20(23(33)24(31)34)22(32)13-4-6-17-18(10-13)36-8-7-35-17/h1-6,9-11,21,32H,7-8,12H2/b22-20+. The first kappa shape index (κ1) is 26.1. The number of thioether (sulfide) groups is 1. The van der Waals surface area contributed by atoms with Gasteiger partial charge in [-0.05, 0) is 47.3 Å². The van der Waals surface area contributed by atoms with E-state index in [-0.39, 0.29) is 16.5 Å². The van der Waals surface area contributed by atoms with Crippen LogP contribution in [-0.4, -0.2) is 40.2 Å². The summed E-state index contributed by atoms with van der Waals surface area (Å²) in [5.41, 5.74) is 1.19. The van der Waals surface area contributed by atoms with Gasteiger partial charge in [-0.15, -0.1) is 21.5 Å². The molecule has 1 unspecified atom stereocenters. The average Bonchev–Trinajstić information content (AvgIpc) is 3.68. The minimum absolute atomic E-state index is 0.0310. The number of hydrogen-bond donors (Lipinski definition) is 1. The largest absolute Gasteiger partial charge is 0.507 e. The summed E-state index contributed by atoms with van der Waals surface area (Å²) in [4.78, 5) is 28.7. The normalized spacial score (nSPS) is 18.1. The van der Waals surface area contributed by atoms with Crippen LogP contribution in [0.3, 0.4) is 0 Å². The highest BCUT2D eigenvalue weighted by molar-refractivity contribution is 8.00. The van der Waals surface area contributed by atoms with Gasteiger partial charge in [0.2, 0.25) is 5.13 Å². The van der Waals surface area contributed by atoms with Crippen LogP contribution in [0.4, 0.5) is 5.13 Å². The SMILES string of the molecule is O=C1C(=O)N(c2nnc(SCc3ccc(Cl)cc3Cl)s2)C(c2cccs2)/C1=C(\O)c1ccc2c(c1)OCCO2. The number of Topliss-reactive ketones (excluding diaryl/α,β-unsaturated/α-hetero) is 1. The summed E-state index contributed by atoms with van der Waals surface area (Å²) in [5.74, 6) is -0.380. The molecular weight excluding hydrogens is 601 g/mol. The Labute approximate surface area is 244 Å². The van der Waals surface area contributed by atoms with Crippen LogP contribution in [0, 0.1) is 0 Å². The highest BCUT2D eigenvalue weighted by Gasteiger charge is 2.49. The number of amides is 1. The summed E-state index contributed by atoms with van der Waals surface area (Å²) in [6, 6.07) is 12.9. The van der Waals surface area contributed by atoms with Crippen molar-refractivity contribution < 1.29 is 24.2 Å². The van der Waals surface area contributed by atoms with Crippen molar-refractivity contribution in [2.45, 2.75) is 16.1 Å². The van der Waals surface area contributed by atoms with Gasteiger partial charge in [0.05, 0.1) is 5.57 Å². The van der Waals surface area contributed by atoms with Gasteiger partial charge in [-0.1, -0.05) is 58.4 Å². The molecule has 4 aromatic rings. The van der Waals surface area contributed by atoms with E-state index in [1.165, 1.54) is 39.3 Å². The molecule has 2 aromatic heterocycles. The predicted octanol–water partition coefficient (Wildman–Crippen LogP) is 6.60. The predicted molar refractivity (Wildman–Crippen MR) is 152 cm³/mol. The molecule has 0 spiro atoms. The molecule has 6 rings (SSSR count). The smallest absolute Gasteiger partial charge is 0.301 e. The number of benzene rings is 2. The van der Waals surface area contributed by atoms with E-state index in [1.807, 2.05) is 23.6 Å². The van der Waals surface area contributed by atoms with Gasteiger partial charge in [-0.2, -0.15) is 0 Å². The highest BCUT2D eigenvalue weighted by Crippen LogP contribution is 2.46. The second-order valence-corrected chi connectivity index (χ2v) is 12.4. The zero-order valence-electron chi connectivity index (χ0n) is 19.8. The van der Waals surface area contributed by atoms with Crippen LogP contribution < -0.4 is 14.4 Å². The third-order valence-electron chi connectivity index (χ3n) is 6.04. The fraction of sp³-hybridized carbons (Fsp3) is 0.154. The number of nitrogens with zero attached hydrogens (tertiary/aromatic N) is 3. The Morgan fingerprint density at radius 1 is 1.08 bits per heavy atom. The van der Waals surface area contributed by atoms with E-state index in [9.17, 15) is 14.7 Å². The number of fused-ring (bicyclic) bond motifs is 1. The number of aliphatic hydroxyl groups is 1. The second-order valence-electron chi connectivity index (χ2n) is 8.42. The molecule has 0 saturated carbocycles. The van der Waals surface area contributed by atoms with Crippen molar-refractivity contribution in [3.05, 3.63) is 85.5 Å². The van der Waals surface area contributed by atoms with Crippen LogP contribution in [0.1, 0.15) is 22.0 Å². The molecule has 1 atom stereocenters. The molecule has 2 aliphatic rings. The highest BCUT2D eigenvalue weighted by atomic mass is 35.5. The number of anilines is 1. The van der Waals surface area contributed by atoms with Crippen molar-refractivity contribution in [3.8, 4) is 11.5 Å². The number of halogens is 2. The van der Waals surface area contributed by atoms with Crippen molar-refractivity contribution in [2.75, 3.05) is 18.1 Å². The van der Waals surface area contributed by atoms with Crippen LogP contribution in [-0.2, 0) is 15.3 Å². The van der Waals surface area contributed by atoms with E-state index in [4.69, 9.17) is 32.7 Å². The van der Waals surface area contributed by atoms with E-state index in [0.717, 1.165) is 5.56 Å². The minimum atomic E-state index is -0.866. The molecule has 1 fully saturated rings. The Morgan fingerprint density at radius 2 is 1.90 bits per heavy atom. The molecule has 1 saturated heterocycles. The number of thiophene rings is 1. The second kappa shape index (κ2) is 10.8. The summed E-state index contributed by atoms with van der Waals surface area (Å²) in [6.45, 7) is 0.801. The van der Waals surface area contributed by atoms with Crippen LogP contribution in [0.25, 0.3) is 5.76 Å². The molecule has 4 heterocycles. The molecule has 1 N–H and O–H groups in total. The quantitative estimate of drug-likeness (QED) is 0.0849. The number of carbonyl (C=O) groups is 2. The summed E-state index contributed by atoms with van der Waals surface area (Å²) in [5, 5.41) is 23.0. The zero-order chi connectivity index (χ0) is 27.1. The van der Waals surface area contributed by atoms with E-state index in [2.05, 4.69) is 10.2 Å². The minimum Gasteiger partial charge on any atom is -0.507 e. The molecule has 1 amide bonds. The lowest BCUT2D eigenvalue weighted by atomic mass is 9.99. The van der Waals surface area contributed by atoms with Gasteiger partial charge in [0.25, 0.3) is 5.78 Å². The lowest BCUT2D eigenvalue weighted by Gasteiger charge is -2.21. The van der Waals surface area contributed by atoms with Gasteiger partial charge in [0.15, 0.2) is 15.8 Å². The third kappa shape index (κ3) is 5.01. The van der Waals surface area contributed by atoms with Crippen molar-refractivity contribution in [1.29, 1.82) is 0 Å². The molecule has 0 bridgehead atoms. The maximum Gasteiger partial charge on any atom is 0.301 e. The molecule has 2 aliphatic heterocycles. The number of hydrogen-bond acceptors (Lipinski definition) is 10. The summed E-state index contributed by atoms with van der Waals surface area (Å²) in [7, 11) is 0. The zero-order valence-corrected chi connectivity index (χ0v) is 23.8. The van der Waals surface area contributed by atoms with Crippen LogP contribution in [0.15, 0.2) is 63.8 Å². The van der Waals surface area contributed by atoms with Crippen LogP contribution in [0.5, 0.6) is 11.5 Å². The summed E-state index contributed by atoms with van der Waals surface area (Å²) >= 11 is 16.2. The number of aliphatic hydroxyl groups excluding tert-OH is 1. The molecule has 39 heavy (non-hydrogen) atoms. The van der Waals surface area contributed by atoms with Crippen molar-refractivity contribution in [1.82, 2.24) is 10.2 Å². The molecular formula is C26H17Cl2N3O5S3. The molecule has 198 valence electrons. The number of rotatable bonds is 6.